The van der Waals surface area contributed by atoms with Crippen LogP contribution >= 0.6 is 0 Å². The number of benzene rings is 3. The molecule has 0 aromatic heterocycles. The summed E-state index contributed by atoms with van der Waals surface area (Å²) in [5.74, 6) is 0. The lowest BCUT2D eigenvalue weighted by molar-refractivity contribution is 1.12. The second kappa shape index (κ2) is 7.43. The quantitative estimate of drug-likeness (QED) is 0.644. The van der Waals surface area contributed by atoms with Gasteiger partial charge in [-0.15, -0.1) is 0 Å². The summed E-state index contributed by atoms with van der Waals surface area (Å²) in [6.45, 7) is 0. The topological polar surface area (TPSA) is 6.48 Å². The zero-order valence-corrected chi connectivity index (χ0v) is 15.5. The molecule has 0 N–H and O–H groups in total. The van der Waals surface area contributed by atoms with Gasteiger partial charge in [0.15, 0.2) is 0 Å². The van der Waals surface area contributed by atoms with Gasteiger partial charge in [0, 0.05) is 39.6 Å². The molecule has 0 spiro atoms. The first-order valence-electron chi connectivity index (χ1n) is 8.66. The highest BCUT2D eigenvalue weighted by molar-refractivity contribution is 5.70. The normalized spacial score (nSPS) is 10.6. The van der Waals surface area contributed by atoms with Gasteiger partial charge in [0.05, 0.1) is 0 Å². The lowest BCUT2D eigenvalue weighted by atomic mass is 9.95. The Kier molecular flexibility index (Phi) is 5.08. The van der Waals surface area contributed by atoms with Crippen molar-refractivity contribution >= 4 is 11.4 Å². The van der Waals surface area contributed by atoms with Crippen LogP contribution < -0.4 is 9.80 Å². The summed E-state index contributed by atoms with van der Waals surface area (Å²) in [6, 6.07) is 26.3. The number of hydrogen-bond donors (Lipinski definition) is 0. The second-order valence-electron chi connectivity index (χ2n) is 6.84. The monoisotopic (exact) mass is 330 g/mol. The van der Waals surface area contributed by atoms with Crippen LogP contribution in [0.2, 0.25) is 0 Å². The highest BCUT2D eigenvalue weighted by Gasteiger charge is 2.07. The molecule has 0 aliphatic heterocycles. The lowest BCUT2D eigenvalue weighted by Crippen LogP contribution is -2.08. The molecular weight excluding hydrogens is 304 g/mol. The minimum Gasteiger partial charge on any atom is -0.378 e. The van der Waals surface area contributed by atoms with Crippen LogP contribution in [-0.4, -0.2) is 28.2 Å². The molecule has 0 heterocycles. The summed E-state index contributed by atoms with van der Waals surface area (Å²) < 4.78 is 0. The van der Waals surface area contributed by atoms with Gasteiger partial charge in [-0.05, 0) is 52.9 Å². The minimum atomic E-state index is 0.944. The first kappa shape index (κ1) is 17.1. The molecule has 0 fully saturated rings. The van der Waals surface area contributed by atoms with Crippen molar-refractivity contribution in [2.24, 2.45) is 0 Å². The van der Waals surface area contributed by atoms with Crippen molar-refractivity contribution in [2.45, 2.75) is 6.42 Å². The molecule has 2 heteroatoms. The average Bonchev–Trinajstić information content (AvgIpc) is 2.63. The van der Waals surface area contributed by atoms with E-state index in [0.29, 0.717) is 0 Å². The van der Waals surface area contributed by atoms with Gasteiger partial charge in [-0.1, -0.05) is 48.5 Å². The van der Waals surface area contributed by atoms with Gasteiger partial charge in [0.2, 0.25) is 0 Å². The standard InChI is InChI=1S/C23H26N2/c1-24(2)21-13-9-18(10-14-21)17-20-7-5-6-8-23(20)19-11-15-22(16-12-19)25(3)4/h5-16H,17H2,1-4H3. The highest BCUT2D eigenvalue weighted by Crippen LogP contribution is 2.27. The van der Waals surface area contributed by atoms with E-state index in [1.165, 1.54) is 33.6 Å². The largest absolute Gasteiger partial charge is 0.378 e. The van der Waals surface area contributed by atoms with Crippen molar-refractivity contribution in [1.82, 2.24) is 0 Å². The number of anilines is 2. The SMILES string of the molecule is CN(C)c1ccc(Cc2ccccc2-c2ccc(N(C)C)cc2)cc1. The Bertz CT molecular complexity index is 815. The first-order valence-corrected chi connectivity index (χ1v) is 8.66. The predicted octanol–water partition coefficient (Wildman–Crippen LogP) is 5.08. The highest BCUT2D eigenvalue weighted by atomic mass is 15.1. The molecule has 0 aliphatic carbocycles. The van der Waals surface area contributed by atoms with Crippen molar-refractivity contribution in [3.8, 4) is 11.1 Å². The van der Waals surface area contributed by atoms with Gasteiger partial charge in [-0.25, -0.2) is 0 Å². The zero-order chi connectivity index (χ0) is 17.8. The van der Waals surface area contributed by atoms with E-state index in [9.17, 15) is 0 Å². The van der Waals surface area contributed by atoms with E-state index in [0.717, 1.165) is 6.42 Å². The second-order valence-corrected chi connectivity index (χ2v) is 6.84. The fourth-order valence-corrected chi connectivity index (χ4v) is 3.03. The van der Waals surface area contributed by atoms with E-state index in [-0.39, 0.29) is 0 Å². The van der Waals surface area contributed by atoms with E-state index in [1.807, 2.05) is 0 Å². The van der Waals surface area contributed by atoms with E-state index >= 15 is 0 Å². The maximum atomic E-state index is 2.23. The van der Waals surface area contributed by atoms with Crippen LogP contribution in [0.15, 0.2) is 72.8 Å². The zero-order valence-electron chi connectivity index (χ0n) is 15.5. The molecule has 0 radical (unpaired) electrons. The molecule has 0 saturated heterocycles. The van der Waals surface area contributed by atoms with Crippen molar-refractivity contribution in [2.75, 3.05) is 38.0 Å². The Balaban J connectivity index is 1.88. The van der Waals surface area contributed by atoms with Crippen molar-refractivity contribution in [3.63, 3.8) is 0 Å². The Labute approximate surface area is 151 Å². The molecule has 3 aromatic rings. The molecule has 3 rings (SSSR count). The Morgan fingerprint density at radius 2 is 1.12 bits per heavy atom. The Morgan fingerprint density at radius 3 is 1.68 bits per heavy atom. The van der Waals surface area contributed by atoms with Gasteiger partial charge in [-0.3, -0.25) is 0 Å². The van der Waals surface area contributed by atoms with Crippen LogP contribution in [0.5, 0.6) is 0 Å². The molecule has 3 aromatic carbocycles. The van der Waals surface area contributed by atoms with Gasteiger partial charge in [0.1, 0.15) is 0 Å². The summed E-state index contributed by atoms with van der Waals surface area (Å²) in [7, 11) is 8.28. The van der Waals surface area contributed by atoms with Crippen LogP contribution in [0.25, 0.3) is 11.1 Å². The molecule has 0 amide bonds. The van der Waals surface area contributed by atoms with E-state index in [2.05, 4.69) is 111 Å². The summed E-state index contributed by atoms with van der Waals surface area (Å²) in [5.41, 5.74) is 7.73. The van der Waals surface area contributed by atoms with Crippen LogP contribution in [-0.2, 0) is 6.42 Å². The number of hydrogen-bond acceptors (Lipinski definition) is 2. The maximum Gasteiger partial charge on any atom is 0.0361 e. The fourth-order valence-electron chi connectivity index (χ4n) is 3.03. The van der Waals surface area contributed by atoms with Gasteiger partial charge in [0.25, 0.3) is 0 Å². The van der Waals surface area contributed by atoms with E-state index in [4.69, 9.17) is 0 Å². The van der Waals surface area contributed by atoms with Crippen molar-refractivity contribution in [3.05, 3.63) is 83.9 Å². The van der Waals surface area contributed by atoms with Gasteiger partial charge in [-0.2, -0.15) is 0 Å². The summed E-state index contributed by atoms with van der Waals surface area (Å²) >= 11 is 0. The summed E-state index contributed by atoms with van der Waals surface area (Å²) in [5, 5.41) is 0. The predicted molar refractivity (Wildman–Crippen MR) is 110 cm³/mol. The fraction of sp³-hybridized carbons (Fsp3) is 0.217. The molecule has 0 aliphatic rings. The van der Waals surface area contributed by atoms with Crippen molar-refractivity contribution < 1.29 is 0 Å². The van der Waals surface area contributed by atoms with Crippen LogP contribution in [0.4, 0.5) is 11.4 Å². The molecule has 0 unspecified atom stereocenters. The molecule has 0 atom stereocenters. The third-order valence-corrected chi connectivity index (χ3v) is 4.56. The number of rotatable bonds is 5. The third kappa shape index (κ3) is 4.03. The minimum absolute atomic E-state index is 0.944. The lowest BCUT2D eigenvalue weighted by Gasteiger charge is -2.15. The smallest absolute Gasteiger partial charge is 0.0361 e. The molecule has 25 heavy (non-hydrogen) atoms. The molecule has 0 saturated carbocycles. The molecule has 0 bridgehead atoms. The van der Waals surface area contributed by atoms with E-state index in [1.54, 1.807) is 0 Å². The first-order chi connectivity index (χ1) is 12.0. The van der Waals surface area contributed by atoms with Crippen molar-refractivity contribution in [1.29, 1.82) is 0 Å². The molecule has 2 nitrogen and oxygen atoms in total. The number of nitrogens with zero attached hydrogens (tertiary/aromatic N) is 2. The van der Waals surface area contributed by atoms with Gasteiger partial charge >= 0.3 is 0 Å². The summed E-state index contributed by atoms with van der Waals surface area (Å²) in [4.78, 5) is 4.26. The Hall–Kier alpha value is -2.74. The van der Waals surface area contributed by atoms with Gasteiger partial charge < -0.3 is 9.80 Å². The van der Waals surface area contributed by atoms with Crippen LogP contribution in [0.1, 0.15) is 11.1 Å². The maximum absolute atomic E-state index is 2.23. The third-order valence-electron chi connectivity index (χ3n) is 4.56. The van der Waals surface area contributed by atoms with Crippen LogP contribution in [0.3, 0.4) is 0 Å². The average molecular weight is 330 g/mol. The van der Waals surface area contributed by atoms with E-state index < -0.39 is 0 Å². The molecule has 128 valence electrons. The Morgan fingerprint density at radius 1 is 0.600 bits per heavy atom. The van der Waals surface area contributed by atoms with Crippen LogP contribution in [0, 0.1) is 0 Å². The summed E-state index contributed by atoms with van der Waals surface area (Å²) in [6.07, 6.45) is 0.944. The molecular formula is C23H26N2.